The fourth-order valence-corrected chi connectivity index (χ4v) is 2.04. The molecule has 0 saturated carbocycles. The first kappa shape index (κ1) is 16.5. The summed E-state index contributed by atoms with van der Waals surface area (Å²) < 4.78 is 37.4. The summed E-state index contributed by atoms with van der Waals surface area (Å²) in [5.74, 6) is -1.31. The first-order valence-electron chi connectivity index (χ1n) is 6.27. The molecule has 3 nitrogen and oxygen atoms in total. The van der Waals surface area contributed by atoms with E-state index in [1.807, 2.05) is 6.92 Å². The zero-order valence-electron chi connectivity index (χ0n) is 11.4. The summed E-state index contributed by atoms with van der Waals surface area (Å²) in [7, 11) is 0. The van der Waals surface area contributed by atoms with Gasteiger partial charge in [-0.1, -0.05) is 19.1 Å². The molecule has 0 heterocycles. The minimum Gasteiger partial charge on any atom is -0.480 e. The van der Waals surface area contributed by atoms with Crippen LogP contribution in [0.25, 0.3) is 0 Å². The Hall–Kier alpha value is -1.56. The number of carbonyl (C=O) groups is 1. The Labute approximate surface area is 115 Å². The average Bonchev–Trinajstić information content (AvgIpc) is 2.35. The van der Waals surface area contributed by atoms with Gasteiger partial charge in [0.15, 0.2) is 0 Å². The molecular formula is C14H18F3NO2. The summed E-state index contributed by atoms with van der Waals surface area (Å²) in [4.78, 5) is 11.0. The van der Waals surface area contributed by atoms with Crippen molar-refractivity contribution in [1.29, 1.82) is 0 Å². The Morgan fingerprint density at radius 2 is 1.80 bits per heavy atom. The lowest BCUT2D eigenvalue weighted by Gasteiger charge is -2.25. The fourth-order valence-electron chi connectivity index (χ4n) is 2.04. The summed E-state index contributed by atoms with van der Waals surface area (Å²) in [5.41, 5.74) is 4.24. The summed E-state index contributed by atoms with van der Waals surface area (Å²) in [5, 5.41) is 9.01. The van der Waals surface area contributed by atoms with E-state index in [1.165, 1.54) is 19.1 Å². The Balaban J connectivity index is 2.94. The molecule has 0 aromatic heterocycles. The van der Waals surface area contributed by atoms with E-state index in [2.05, 4.69) is 0 Å². The maximum absolute atomic E-state index is 12.5. The number of carboxylic acid groups (broad SMARTS) is 1. The Kier molecular flexibility index (Phi) is 4.81. The molecule has 1 aromatic carbocycles. The molecule has 0 fully saturated rings. The van der Waals surface area contributed by atoms with Gasteiger partial charge in [0.05, 0.1) is 5.56 Å². The zero-order chi connectivity index (χ0) is 15.6. The van der Waals surface area contributed by atoms with Crippen LogP contribution in [0, 0.1) is 0 Å². The Morgan fingerprint density at radius 3 is 2.15 bits per heavy atom. The van der Waals surface area contributed by atoms with E-state index in [0.717, 1.165) is 12.1 Å². The number of alkyl halides is 3. The third-order valence-corrected chi connectivity index (χ3v) is 3.36. The van der Waals surface area contributed by atoms with Gasteiger partial charge >= 0.3 is 12.1 Å². The van der Waals surface area contributed by atoms with Crippen molar-refractivity contribution in [3.05, 3.63) is 35.4 Å². The van der Waals surface area contributed by atoms with Crippen molar-refractivity contribution in [3.63, 3.8) is 0 Å². The van der Waals surface area contributed by atoms with Crippen LogP contribution in [0.5, 0.6) is 0 Å². The first-order chi connectivity index (χ1) is 9.08. The average molecular weight is 289 g/mol. The van der Waals surface area contributed by atoms with Gasteiger partial charge in [0.25, 0.3) is 0 Å². The highest BCUT2D eigenvalue weighted by molar-refractivity contribution is 5.77. The van der Waals surface area contributed by atoms with Gasteiger partial charge in [0.1, 0.15) is 5.54 Å². The molecule has 1 aromatic rings. The molecule has 0 aliphatic heterocycles. The van der Waals surface area contributed by atoms with E-state index >= 15 is 0 Å². The van der Waals surface area contributed by atoms with Gasteiger partial charge in [-0.15, -0.1) is 0 Å². The van der Waals surface area contributed by atoms with Gasteiger partial charge in [-0.25, -0.2) is 0 Å². The zero-order valence-corrected chi connectivity index (χ0v) is 11.4. The molecule has 0 radical (unpaired) electrons. The molecule has 2 atom stereocenters. The maximum Gasteiger partial charge on any atom is 0.416 e. The van der Waals surface area contributed by atoms with Crippen LogP contribution >= 0.6 is 0 Å². The second-order valence-corrected chi connectivity index (χ2v) is 5.15. The summed E-state index contributed by atoms with van der Waals surface area (Å²) in [6.45, 7) is 3.25. The van der Waals surface area contributed by atoms with Crippen LogP contribution in [-0.4, -0.2) is 16.6 Å². The van der Waals surface area contributed by atoms with Crippen LogP contribution in [0.1, 0.15) is 43.7 Å². The van der Waals surface area contributed by atoms with Crippen molar-refractivity contribution in [2.45, 2.75) is 44.3 Å². The van der Waals surface area contributed by atoms with E-state index in [0.29, 0.717) is 12.0 Å². The smallest absolute Gasteiger partial charge is 0.416 e. The molecule has 2 unspecified atom stereocenters. The summed E-state index contributed by atoms with van der Waals surface area (Å²) >= 11 is 0. The van der Waals surface area contributed by atoms with E-state index in [4.69, 9.17) is 10.8 Å². The van der Waals surface area contributed by atoms with Gasteiger partial charge in [-0.05, 0) is 43.4 Å². The number of halogens is 3. The van der Waals surface area contributed by atoms with Gasteiger partial charge in [-0.3, -0.25) is 4.79 Å². The molecule has 20 heavy (non-hydrogen) atoms. The SMILES string of the molecule is CCC(CC(C)(N)C(=O)O)c1ccc(C(F)(F)F)cc1. The Morgan fingerprint density at radius 1 is 1.30 bits per heavy atom. The number of carboxylic acids is 1. The molecule has 0 saturated heterocycles. The van der Waals surface area contributed by atoms with Crippen LogP contribution in [0.4, 0.5) is 13.2 Å². The number of hydrogen-bond acceptors (Lipinski definition) is 2. The lowest BCUT2D eigenvalue weighted by atomic mass is 9.83. The molecule has 1 rings (SSSR count). The Bertz CT molecular complexity index is 466. The van der Waals surface area contributed by atoms with Crippen molar-refractivity contribution in [1.82, 2.24) is 0 Å². The van der Waals surface area contributed by atoms with E-state index in [1.54, 1.807) is 0 Å². The fraction of sp³-hybridized carbons (Fsp3) is 0.500. The molecular weight excluding hydrogens is 271 g/mol. The van der Waals surface area contributed by atoms with Crippen molar-refractivity contribution in [3.8, 4) is 0 Å². The van der Waals surface area contributed by atoms with Gasteiger partial charge < -0.3 is 10.8 Å². The quantitative estimate of drug-likeness (QED) is 0.873. The molecule has 0 amide bonds. The molecule has 3 N–H and O–H groups in total. The minimum absolute atomic E-state index is 0.171. The van der Waals surface area contributed by atoms with Crippen LogP contribution in [-0.2, 0) is 11.0 Å². The van der Waals surface area contributed by atoms with Crippen LogP contribution in [0.15, 0.2) is 24.3 Å². The van der Waals surface area contributed by atoms with Gasteiger partial charge in [0.2, 0.25) is 0 Å². The van der Waals surface area contributed by atoms with E-state index in [9.17, 15) is 18.0 Å². The second-order valence-electron chi connectivity index (χ2n) is 5.15. The molecule has 112 valence electrons. The first-order valence-corrected chi connectivity index (χ1v) is 6.27. The molecule has 0 aliphatic rings. The highest BCUT2D eigenvalue weighted by Crippen LogP contribution is 2.32. The van der Waals surface area contributed by atoms with E-state index < -0.39 is 23.2 Å². The minimum atomic E-state index is -4.37. The maximum atomic E-state index is 12.5. The monoisotopic (exact) mass is 289 g/mol. The van der Waals surface area contributed by atoms with Gasteiger partial charge in [-0.2, -0.15) is 13.2 Å². The highest BCUT2D eigenvalue weighted by atomic mass is 19.4. The number of benzene rings is 1. The number of aliphatic carboxylic acids is 1. The van der Waals surface area contributed by atoms with Crippen LogP contribution in [0.3, 0.4) is 0 Å². The summed E-state index contributed by atoms with van der Waals surface area (Å²) in [6.07, 6.45) is -3.60. The molecule has 0 bridgehead atoms. The lowest BCUT2D eigenvalue weighted by molar-refractivity contribution is -0.143. The lowest BCUT2D eigenvalue weighted by Crippen LogP contribution is -2.45. The largest absolute Gasteiger partial charge is 0.480 e. The van der Waals surface area contributed by atoms with Crippen molar-refractivity contribution in [2.24, 2.45) is 5.73 Å². The van der Waals surface area contributed by atoms with Crippen LogP contribution < -0.4 is 5.73 Å². The number of rotatable bonds is 5. The van der Waals surface area contributed by atoms with Crippen molar-refractivity contribution in [2.75, 3.05) is 0 Å². The molecule has 6 heteroatoms. The number of nitrogens with two attached hydrogens (primary N) is 1. The van der Waals surface area contributed by atoms with Crippen molar-refractivity contribution >= 4 is 5.97 Å². The highest BCUT2D eigenvalue weighted by Gasteiger charge is 2.33. The second kappa shape index (κ2) is 5.83. The van der Waals surface area contributed by atoms with Crippen molar-refractivity contribution < 1.29 is 23.1 Å². The van der Waals surface area contributed by atoms with Gasteiger partial charge in [0, 0.05) is 0 Å². The third-order valence-electron chi connectivity index (χ3n) is 3.36. The predicted molar refractivity (Wildman–Crippen MR) is 69.3 cm³/mol. The van der Waals surface area contributed by atoms with E-state index in [-0.39, 0.29) is 12.3 Å². The predicted octanol–water partition coefficient (Wildman–Crippen LogP) is 3.39. The third kappa shape index (κ3) is 3.96. The molecule has 0 aliphatic carbocycles. The summed E-state index contributed by atoms with van der Waals surface area (Å²) in [6, 6.07) is 4.78. The normalized spacial score (nSPS) is 16.5. The topological polar surface area (TPSA) is 63.3 Å². The molecule has 0 spiro atoms. The number of hydrogen-bond donors (Lipinski definition) is 2. The standard InChI is InChI=1S/C14H18F3NO2/c1-3-9(8-13(2,18)12(19)20)10-4-6-11(7-5-10)14(15,16)17/h4-7,9H,3,8,18H2,1-2H3,(H,19,20). The van der Waals surface area contributed by atoms with Crippen LogP contribution in [0.2, 0.25) is 0 Å².